The molecule has 0 aromatic carbocycles. The maximum atomic E-state index is 13.2. The molecule has 0 amide bonds. The fourth-order valence-electron chi connectivity index (χ4n) is 3.09. The molecule has 2 fully saturated rings. The molecule has 0 radical (unpaired) electrons. The summed E-state index contributed by atoms with van der Waals surface area (Å²) in [6, 6.07) is 0. The molecule has 0 spiro atoms. The molecule has 4 heteroatoms. The van der Waals surface area contributed by atoms with E-state index < -0.39 is 11.7 Å². The van der Waals surface area contributed by atoms with Gasteiger partial charge < -0.3 is 9.47 Å². The van der Waals surface area contributed by atoms with Crippen molar-refractivity contribution in [3.8, 4) is 0 Å². The topological polar surface area (TPSA) is 18.5 Å². The van der Waals surface area contributed by atoms with Gasteiger partial charge in [-0.3, -0.25) is 0 Å². The van der Waals surface area contributed by atoms with Gasteiger partial charge in [0.25, 0.3) is 0 Å². The number of hydrogen-bond acceptors (Lipinski definition) is 2. The van der Waals surface area contributed by atoms with E-state index in [-0.39, 0.29) is 18.8 Å². The van der Waals surface area contributed by atoms with Gasteiger partial charge in [-0.2, -0.15) is 0 Å². The van der Waals surface area contributed by atoms with Gasteiger partial charge in [-0.1, -0.05) is 0 Å². The number of hydrogen-bond donors (Lipinski definition) is 0. The third-order valence-corrected chi connectivity index (χ3v) is 4.00. The number of ether oxygens (including phenoxy) is 2. The Bertz CT molecular complexity index is 239. The minimum absolute atomic E-state index is 0.00609. The second kappa shape index (κ2) is 3.67. The minimum Gasteiger partial charge on any atom is -0.353 e. The van der Waals surface area contributed by atoms with E-state index in [1.54, 1.807) is 14.2 Å². The van der Waals surface area contributed by atoms with E-state index in [4.69, 9.17) is 9.47 Å². The summed E-state index contributed by atoms with van der Waals surface area (Å²) in [6.45, 7) is 0. The molecule has 88 valence electrons. The number of halogens is 2. The molecule has 0 bridgehead atoms. The maximum Gasteiger partial charge on any atom is 0.248 e. The number of rotatable bonds is 2. The van der Waals surface area contributed by atoms with E-state index in [9.17, 15) is 8.78 Å². The minimum atomic E-state index is -2.47. The molecule has 2 aliphatic carbocycles. The van der Waals surface area contributed by atoms with Crippen LogP contribution in [0.4, 0.5) is 8.78 Å². The quantitative estimate of drug-likeness (QED) is 0.666. The van der Waals surface area contributed by atoms with Crippen LogP contribution in [0.25, 0.3) is 0 Å². The highest BCUT2D eigenvalue weighted by atomic mass is 19.3. The van der Waals surface area contributed by atoms with Gasteiger partial charge in [0, 0.05) is 39.9 Å². The Morgan fingerprint density at radius 3 is 2.20 bits per heavy atom. The van der Waals surface area contributed by atoms with Crippen molar-refractivity contribution in [3.05, 3.63) is 0 Å². The van der Waals surface area contributed by atoms with Crippen molar-refractivity contribution < 1.29 is 18.3 Å². The largest absolute Gasteiger partial charge is 0.353 e. The fourth-order valence-corrected chi connectivity index (χ4v) is 3.09. The van der Waals surface area contributed by atoms with Crippen molar-refractivity contribution in [1.82, 2.24) is 0 Å². The van der Waals surface area contributed by atoms with Crippen molar-refractivity contribution in [2.75, 3.05) is 14.2 Å². The van der Waals surface area contributed by atoms with Crippen LogP contribution in [0.1, 0.15) is 32.1 Å². The predicted octanol–water partition coefficient (Wildman–Crippen LogP) is 2.82. The standard InChI is InChI=1S/C11H18F2O2/c1-14-11(15-2)6-8-3-4-10(12,13)5-9(8)7-11/h8-9H,3-7H2,1-2H3. The summed E-state index contributed by atoms with van der Waals surface area (Å²) < 4.78 is 37.1. The molecule has 15 heavy (non-hydrogen) atoms. The van der Waals surface area contributed by atoms with Gasteiger partial charge in [0.15, 0.2) is 5.79 Å². The molecule has 0 aromatic heterocycles. The average Bonchev–Trinajstić information content (AvgIpc) is 2.55. The second-order valence-electron chi connectivity index (χ2n) is 4.85. The smallest absolute Gasteiger partial charge is 0.248 e. The zero-order chi connectivity index (χ0) is 11.1. The Morgan fingerprint density at radius 1 is 1.00 bits per heavy atom. The summed E-state index contributed by atoms with van der Waals surface area (Å²) in [5, 5.41) is 0. The Morgan fingerprint density at radius 2 is 1.60 bits per heavy atom. The van der Waals surface area contributed by atoms with Gasteiger partial charge in [-0.15, -0.1) is 0 Å². The third-order valence-electron chi connectivity index (χ3n) is 4.00. The molecule has 2 unspecified atom stereocenters. The summed E-state index contributed by atoms with van der Waals surface area (Å²) >= 11 is 0. The zero-order valence-electron chi connectivity index (χ0n) is 9.26. The van der Waals surface area contributed by atoms with Crippen LogP contribution in [0.2, 0.25) is 0 Å². The Balaban J connectivity index is 2.07. The summed E-state index contributed by atoms with van der Waals surface area (Å²) in [4.78, 5) is 0. The molecule has 0 saturated heterocycles. The van der Waals surface area contributed by atoms with Crippen LogP contribution < -0.4 is 0 Å². The second-order valence-corrected chi connectivity index (χ2v) is 4.85. The van der Waals surface area contributed by atoms with Gasteiger partial charge in [0.05, 0.1) is 0 Å². The molecule has 2 saturated carbocycles. The summed E-state index contributed by atoms with van der Waals surface area (Å²) in [6.07, 6.45) is 2.01. The lowest BCUT2D eigenvalue weighted by atomic mass is 9.80. The Labute approximate surface area is 88.9 Å². The molecule has 0 aromatic rings. The van der Waals surface area contributed by atoms with Crippen molar-refractivity contribution in [2.45, 2.75) is 43.8 Å². The monoisotopic (exact) mass is 220 g/mol. The van der Waals surface area contributed by atoms with Crippen LogP contribution in [-0.4, -0.2) is 25.9 Å². The molecule has 2 nitrogen and oxygen atoms in total. The van der Waals surface area contributed by atoms with Gasteiger partial charge in [-0.25, -0.2) is 8.78 Å². The zero-order valence-corrected chi connectivity index (χ0v) is 9.26. The maximum absolute atomic E-state index is 13.2. The first-order valence-electron chi connectivity index (χ1n) is 5.48. The molecule has 2 atom stereocenters. The average molecular weight is 220 g/mol. The van der Waals surface area contributed by atoms with E-state index in [0.29, 0.717) is 18.8 Å². The first kappa shape index (κ1) is 11.3. The Kier molecular flexibility index (Phi) is 2.75. The van der Waals surface area contributed by atoms with Gasteiger partial charge in [-0.05, 0) is 18.3 Å². The number of methoxy groups -OCH3 is 2. The highest BCUT2D eigenvalue weighted by Crippen LogP contribution is 2.52. The normalized spacial score (nSPS) is 37.6. The molecule has 0 aliphatic heterocycles. The molecular weight excluding hydrogens is 202 g/mol. The first-order valence-corrected chi connectivity index (χ1v) is 5.48. The van der Waals surface area contributed by atoms with Crippen LogP contribution in [0.5, 0.6) is 0 Å². The van der Waals surface area contributed by atoms with E-state index in [0.717, 1.165) is 6.42 Å². The van der Waals surface area contributed by atoms with Crippen LogP contribution in [-0.2, 0) is 9.47 Å². The van der Waals surface area contributed by atoms with Crippen molar-refractivity contribution in [1.29, 1.82) is 0 Å². The lowest BCUT2D eigenvalue weighted by molar-refractivity contribution is -0.204. The molecule has 0 heterocycles. The molecule has 0 N–H and O–H groups in total. The first-order chi connectivity index (χ1) is 7.00. The number of fused-ring (bicyclic) bond motifs is 1. The fraction of sp³-hybridized carbons (Fsp3) is 1.00. The van der Waals surface area contributed by atoms with Gasteiger partial charge >= 0.3 is 0 Å². The van der Waals surface area contributed by atoms with Crippen molar-refractivity contribution >= 4 is 0 Å². The van der Waals surface area contributed by atoms with Crippen LogP contribution >= 0.6 is 0 Å². The van der Waals surface area contributed by atoms with Crippen LogP contribution in [0.15, 0.2) is 0 Å². The van der Waals surface area contributed by atoms with Gasteiger partial charge in [0.2, 0.25) is 5.92 Å². The van der Waals surface area contributed by atoms with Crippen LogP contribution in [0.3, 0.4) is 0 Å². The van der Waals surface area contributed by atoms with Crippen LogP contribution in [0, 0.1) is 11.8 Å². The van der Waals surface area contributed by atoms with Crippen molar-refractivity contribution in [2.24, 2.45) is 11.8 Å². The molecular formula is C11H18F2O2. The van der Waals surface area contributed by atoms with E-state index >= 15 is 0 Å². The Hall–Kier alpha value is -0.220. The van der Waals surface area contributed by atoms with Gasteiger partial charge in [0.1, 0.15) is 0 Å². The predicted molar refractivity (Wildman–Crippen MR) is 51.8 cm³/mol. The summed E-state index contributed by atoms with van der Waals surface area (Å²) in [7, 11) is 3.19. The summed E-state index contributed by atoms with van der Waals surface area (Å²) in [5.74, 6) is -2.66. The summed E-state index contributed by atoms with van der Waals surface area (Å²) in [5.41, 5.74) is 0. The third kappa shape index (κ3) is 2.02. The van der Waals surface area contributed by atoms with E-state index in [1.807, 2.05) is 0 Å². The lowest BCUT2D eigenvalue weighted by Crippen LogP contribution is -2.30. The van der Waals surface area contributed by atoms with E-state index in [1.165, 1.54) is 0 Å². The highest BCUT2D eigenvalue weighted by Gasteiger charge is 2.52. The number of alkyl halides is 2. The lowest BCUT2D eigenvalue weighted by Gasteiger charge is -2.30. The van der Waals surface area contributed by atoms with E-state index in [2.05, 4.69) is 0 Å². The highest BCUT2D eigenvalue weighted by molar-refractivity contribution is 4.95. The molecule has 2 rings (SSSR count). The molecule has 2 aliphatic rings. The van der Waals surface area contributed by atoms with Crippen molar-refractivity contribution in [3.63, 3.8) is 0 Å². The SMILES string of the molecule is COC1(OC)CC2CCC(F)(F)CC2C1.